The summed E-state index contributed by atoms with van der Waals surface area (Å²) < 4.78 is 6.36. The number of aromatic hydroxyl groups is 1. The minimum Gasteiger partial charge on any atom is -0.506 e. The molecule has 106 valence electrons. The zero-order valence-electron chi connectivity index (χ0n) is 11.4. The molecule has 0 aliphatic heterocycles. The Bertz CT molecular complexity index is 572. The molecule has 0 fully saturated rings. The molecule has 0 aliphatic carbocycles. The van der Waals surface area contributed by atoms with Gasteiger partial charge in [0.15, 0.2) is 0 Å². The van der Waals surface area contributed by atoms with E-state index in [-0.39, 0.29) is 0 Å². The number of para-hydroxylation sites is 1. The van der Waals surface area contributed by atoms with Crippen LogP contribution < -0.4 is 10.1 Å². The molecule has 0 bridgehead atoms. The van der Waals surface area contributed by atoms with Crippen molar-refractivity contribution in [3.05, 3.63) is 58.1 Å². The van der Waals surface area contributed by atoms with E-state index >= 15 is 0 Å². The second kappa shape index (κ2) is 7.31. The molecule has 0 radical (unpaired) electrons. The molecule has 0 amide bonds. The SMILES string of the molecule is Cc1cccc(OCCNCc2cccc(Br)c2O)c1. The molecule has 0 spiro atoms. The fourth-order valence-corrected chi connectivity index (χ4v) is 2.28. The van der Waals surface area contributed by atoms with Crippen LogP contribution in [0.15, 0.2) is 46.9 Å². The number of nitrogens with one attached hydrogen (secondary N) is 1. The molecule has 20 heavy (non-hydrogen) atoms. The Balaban J connectivity index is 1.73. The normalized spacial score (nSPS) is 10.5. The molecule has 3 nitrogen and oxygen atoms in total. The van der Waals surface area contributed by atoms with Gasteiger partial charge in [-0.3, -0.25) is 0 Å². The molecule has 2 rings (SSSR count). The average Bonchev–Trinajstić information content (AvgIpc) is 2.43. The molecule has 2 aromatic carbocycles. The monoisotopic (exact) mass is 335 g/mol. The van der Waals surface area contributed by atoms with Gasteiger partial charge in [-0.2, -0.15) is 0 Å². The second-order valence-electron chi connectivity index (χ2n) is 4.59. The van der Waals surface area contributed by atoms with Crippen LogP contribution in [0.4, 0.5) is 0 Å². The summed E-state index contributed by atoms with van der Waals surface area (Å²) in [5, 5.41) is 13.1. The van der Waals surface area contributed by atoms with Crippen molar-refractivity contribution in [2.24, 2.45) is 0 Å². The quantitative estimate of drug-likeness (QED) is 0.792. The van der Waals surface area contributed by atoms with E-state index in [1.165, 1.54) is 5.56 Å². The summed E-state index contributed by atoms with van der Waals surface area (Å²) in [5.74, 6) is 1.18. The number of benzene rings is 2. The number of hydrogen-bond donors (Lipinski definition) is 2. The summed E-state index contributed by atoms with van der Waals surface area (Å²) in [6.07, 6.45) is 0. The van der Waals surface area contributed by atoms with Crippen LogP contribution in [0.2, 0.25) is 0 Å². The molecule has 0 heterocycles. The molecular formula is C16H18BrNO2. The van der Waals surface area contributed by atoms with E-state index in [0.29, 0.717) is 23.4 Å². The topological polar surface area (TPSA) is 41.5 Å². The third kappa shape index (κ3) is 4.25. The van der Waals surface area contributed by atoms with Crippen LogP contribution in [0.3, 0.4) is 0 Å². The molecule has 0 saturated carbocycles. The van der Waals surface area contributed by atoms with Crippen molar-refractivity contribution in [3.63, 3.8) is 0 Å². The number of ether oxygens (including phenoxy) is 1. The maximum atomic E-state index is 9.84. The zero-order chi connectivity index (χ0) is 14.4. The maximum Gasteiger partial charge on any atom is 0.134 e. The van der Waals surface area contributed by atoms with Gasteiger partial charge in [-0.15, -0.1) is 0 Å². The first-order valence-corrected chi connectivity index (χ1v) is 7.32. The number of rotatable bonds is 6. The Labute approximate surface area is 127 Å². The summed E-state index contributed by atoms with van der Waals surface area (Å²) in [7, 11) is 0. The zero-order valence-corrected chi connectivity index (χ0v) is 13.0. The highest BCUT2D eigenvalue weighted by atomic mass is 79.9. The van der Waals surface area contributed by atoms with E-state index in [1.54, 1.807) is 0 Å². The lowest BCUT2D eigenvalue weighted by Gasteiger charge is -2.09. The van der Waals surface area contributed by atoms with Crippen molar-refractivity contribution in [1.29, 1.82) is 0 Å². The lowest BCUT2D eigenvalue weighted by molar-refractivity contribution is 0.313. The fourth-order valence-electron chi connectivity index (χ4n) is 1.87. The van der Waals surface area contributed by atoms with Crippen LogP contribution in [0, 0.1) is 6.92 Å². The minimum absolute atomic E-state index is 0.291. The number of phenolic OH excluding ortho intramolecular Hbond substituents is 1. The first-order chi connectivity index (χ1) is 9.66. The molecule has 0 unspecified atom stereocenters. The molecule has 2 N–H and O–H groups in total. The predicted octanol–water partition coefficient (Wildman–Crippen LogP) is 3.63. The number of aryl methyl sites for hydroxylation is 1. The van der Waals surface area contributed by atoms with E-state index < -0.39 is 0 Å². The van der Waals surface area contributed by atoms with Crippen molar-refractivity contribution in [1.82, 2.24) is 5.32 Å². The van der Waals surface area contributed by atoms with Crippen LogP contribution in [0.25, 0.3) is 0 Å². The van der Waals surface area contributed by atoms with Gasteiger partial charge in [0.1, 0.15) is 18.1 Å². The Morgan fingerprint density at radius 3 is 2.80 bits per heavy atom. The van der Waals surface area contributed by atoms with Gasteiger partial charge in [0, 0.05) is 18.7 Å². The van der Waals surface area contributed by atoms with Crippen molar-refractivity contribution in [2.75, 3.05) is 13.2 Å². The third-order valence-corrected chi connectivity index (χ3v) is 3.56. The molecule has 0 atom stereocenters. The van der Waals surface area contributed by atoms with Gasteiger partial charge in [-0.25, -0.2) is 0 Å². The molecule has 2 aromatic rings. The predicted molar refractivity (Wildman–Crippen MR) is 84.2 cm³/mol. The van der Waals surface area contributed by atoms with E-state index in [2.05, 4.69) is 21.2 Å². The van der Waals surface area contributed by atoms with Gasteiger partial charge in [0.2, 0.25) is 0 Å². The van der Waals surface area contributed by atoms with Gasteiger partial charge in [0.05, 0.1) is 4.47 Å². The fraction of sp³-hybridized carbons (Fsp3) is 0.250. The Hall–Kier alpha value is -1.52. The summed E-state index contributed by atoms with van der Waals surface area (Å²) >= 11 is 3.30. The number of halogens is 1. The van der Waals surface area contributed by atoms with E-state index in [4.69, 9.17) is 4.74 Å². The van der Waals surface area contributed by atoms with Crippen LogP contribution in [0.1, 0.15) is 11.1 Å². The highest BCUT2D eigenvalue weighted by Crippen LogP contribution is 2.27. The Morgan fingerprint density at radius 1 is 1.20 bits per heavy atom. The lowest BCUT2D eigenvalue weighted by Crippen LogP contribution is -2.20. The highest BCUT2D eigenvalue weighted by Gasteiger charge is 2.03. The van der Waals surface area contributed by atoms with Crippen molar-refractivity contribution in [3.8, 4) is 11.5 Å². The summed E-state index contributed by atoms with van der Waals surface area (Å²) in [6, 6.07) is 13.6. The van der Waals surface area contributed by atoms with Crippen LogP contribution in [0.5, 0.6) is 11.5 Å². The Morgan fingerprint density at radius 2 is 2.00 bits per heavy atom. The van der Waals surface area contributed by atoms with Crippen LogP contribution >= 0.6 is 15.9 Å². The van der Waals surface area contributed by atoms with E-state index in [1.807, 2.05) is 49.4 Å². The molecule has 4 heteroatoms. The largest absolute Gasteiger partial charge is 0.506 e. The smallest absolute Gasteiger partial charge is 0.134 e. The van der Waals surface area contributed by atoms with E-state index in [9.17, 15) is 5.11 Å². The average molecular weight is 336 g/mol. The van der Waals surface area contributed by atoms with Crippen molar-refractivity contribution < 1.29 is 9.84 Å². The minimum atomic E-state index is 0.291. The van der Waals surface area contributed by atoms with Gasteiger partial charge >= 0.3 is 0 Å². The van der Waals surface area contributed by atoms with Crippen LogP contribution in [-0.2, 0) is 6.54 Å². The van der Waals surface area contributed by atoms with Crippen LogP contribution in [-0.4, -0.2) is 18.3 Å². The summed E-state index contributed by atoms with van der Waals surface area (Å²) in [4.78, 5) is 0. The standard InChI is InChI=1S/C16H18BrNO2/c1-12-4-2-6-14(10-12)20-9-8-18-11-13-5-3-7-15(17)16(13)19/h2-7,10,18-19H,8-9,11H2,1H3. The molecular weight excluding hydrogens is 318 g/mol. The molecule has 0 aromatic heterocycles. The van der Waals surface area contributed by atoms with Gasteiger partial charge in [-0.05, 0) is 46.6 Å². The number of hydrogen-bond acceptors (Lipinski definition) is 3. The first kappa shape index (κ1) is 14.9. The van der Waals surface area contributed by atoms with Gasteiger partial charge in [-0.1, -0.05) is 24.3 Å². The number of phenols is 1. The maximum absolute atomic E-state index is 9.84. The summed E-state index contributed by atoms with van der Waals surface area (Å²) in [5.41, 5.74) is 2.06. The third-order valence-electron chi connectivity index (χ3n) is 2.92. The van der Waals surface area contributed by atoms with Gasteiger partial charge < -0.3 is 15.2 Å². The lowest BCUT2D eigenvalue weighted by atomic mass is 10.2. The summed E-state index contributed by atoms with van der Waals surface area (Å²) in [6.45, 7) is 3.97. The van der Waals surface area contributed by atoms with Gasteiger partial charge in [0.25, 0.3) is 0 Å². The Kier molecular flexibility index (Phi) is 5.44. The second-order valence-corrected chi connectivity index (χ2v) is 5.44. The highest BCUT2D eigenvalue weighted by molar-refractivity contribution is 9.10. The van der Waals surface area contributed by atoms with Crippen molar-refractivity contribution >= 4 is 15.9 Å². The first-order valence-electron chi connectivity index (χ1n) is 6.53. The molecule has 0 aliphatic rings. The van der Waals surface area contributed by atoms with Crippen molar-refractivity contribution in [2.45, 2.75) is 13.5 Å². The van der Waals surface area contributed by atoms with E-state index in [0.717, 1.165) is 17.9 Å². The molecule has 0 saturated heterocycles.